The monoisotopic (exact) mass is 335 g/mol. The molecule has 7 heteroatoms. The summed E-state index contributed by atoms with van der Waals surface area (Å²) in [6, 6.07) is 6.05. The maximum atomic E-state index is 7.43. The van der Waals surface area contributed by atoms with Gasteiger partial charge in [-0.15, -0.1) is 0 Å². The second-order valence-electron chi connectivity index (χ2n) is 5.90. The maximum Gasteiger partial charge on any atom is 0.268 e. The van der Waals surface area contributed by atoms with E-state index in [1.807, 2.05) is 32.0 Å². The molecule has 3 rings (SSSR count). The molecule has 0 aliphatic carbocycles. The van der Waals surface area contributed by atoms with Crippen LogP contribution in [0.2, 0.25) is 0 Å². The highest BCUT2D eigenvalue weighted by Gasteiger charge is 2.17. The predicted octanol–water partition coefficient (Wildman–Crippen LogP) is 3.09. The van der Waals surface area contributed by atoms with E-state index in [-0.39, 0.29) is 0 Å². The fraction of sp³-hybridized carbons (Fsp3) is 0.333. The SMILES string of the molecule is [C-]#[N+]c1c(NCCc2cccc(CC)n2)nc2c(C)c(C)nn2c1N. The van der Waals surface area contributed by atoms with Crippen molar-refractivity contribution >= 4 is 23.0 Å². The molecule has 0 fully saturated rings. The standard InChI is InChI=1S/C18H21N7/c1-5-13-7-6-8-14(22-13)9-10-21-17-15(20-4)16(19)25-18(23-17)11(2)12(3)24-25/h6-8H,5,9-10,19H2,1-3H3,(H,21,23). The molecule has 0 aromatic carbocycles. The lowest BCUT2D eigenvalue weighted by molar-refractivity contribution is 0.908. The Kier molecular flexibility index (Phi) is 4.52. The Balaban J connectivity index is 1.85. The molecule has 3 aromatic heterocycles. The Morgan fingerprint density at radius 2 is 2.00 bits per heavy atom. The van der Waals surface area contributed by atoms with Gasteiger partial charge < -0.3 is 11.1 Å². The molecular formula is C18H21N7. The van der Waals surface area contributed by atoms with E-state index in [0.717, 1.165) is 35.5 Å². The quantitative estimate of drug-likeness (QED) is 0.700. The number of fused-ring (bicyclic) bond motifs is 1. The number of hydrogen-bond acceptors (Lipinski definition) is 5. The number of pyridine rings is 1. The van der Waals surface area contributed by atoms with Crippen molar-refractivity contribution < 1.29 is 0 Å². The molecule has 0 aliphatic heterocycles. The first-order valence-electron chi connectivity index (χ1n) is 8.26. The molecule has 0 atom stereocenters. The van der Waals surface area contributed by atoms with E-state index in [4.69, 9.17) is 12.3 Å². The second kappa shape index (κ2) is 6.77. The Bertz CT molecular complexity index is 966. The van der Waals surface area contributed by atoms with Gasteiger partial charge in [-0.25, -0.2) is 14.3 Å². The average molecular weight is 335 g/mol. The summed E-state index contributed by atoms with van der Waals surface area (Å²) in [5, 5.41) is 7.59. The zero-order chi connectivity index (χ0) is 18.0. The first kappa shape index (κ1) is 16.7. The Hall–Kier alpha value is -3.14. The van der Waals surface area contributed by atoms with Crippen molar-refractivity contribution in [3.05, 3.63) is 52.3 Å². The summed E-state index contributed by atoms with van der Waals surface area (Å²) in [6.07, 6.45) is 1.66. The Morgan fingerprint density at radius 3 is 2.72 bits per heavy atom. The summed E-state index contributed by atoms with van der Waals surface area (Å²) in [7, 11) is 0. The molecule has 0 spiro atoms. The number of aromatic nitrogens is 4. The van der Waals surface area contributed by atoms with Crippen LogP contribution in [0.3, 0.4) is 0 Å². The summed E-state index contributed by atoms with van der Waals surface area (Å²) in [5.74, 6) is 0.805. The minimum Gasteiger partial charge on any atom is -0.392 e. The van der Waals surface area contributed by atoms with Crippen LogP contribution in [-0.2, 0) is 12.8 Å². The van der Waals surface area contributed by atoms with Crippen LogP contribution < -0.4 is 11.1 Å². The fourth-order valence-electron chi connectivity index (χ4n) is 2.68. The third-order valence-corrected chi connectivity index (χ3v) is 4.25. The third kappa shape index (κ3) is 3.11. The molecule has 0 amide bonds. The van der Waals surface area contributed by atoms with Gasteiger partial charge in [0.05, 0.1) is 12.3 Å². The van der Waals surface area contributed by atoms with Gasteiger partial charge in [-0.3, -0.25) is 4.98 Å². The topological polar surface area (TPSA) is 85.5 Å². The predicted molar refractivity (Wildman–Crippen MR) is 98.9 cm³/mol. The Labute approximate surface area is 146 Å². The summed E-state index contributed by atoms with van der Waals surface area (Å²) in [6.45, 7) is 14.0. The molecule has 0 saturated heterocycles. The van der Waals surface area contributed by atoms with Crippen LogP contribution in [0.4, 0.5) is 17.3 Å². The smallest absolute Gasteiger partial charge is 0.268 e. The molecule has 0 unspecified atom stereocenters. The van der Waals surface area contributed by atoms with E-state index in [2.05, 4.69) is 32.2 Å². The number of nitrogens with zero attached hydrogens (tertiary/aromatic N) is 5. The van der Waals surface area contributed by atoms with Crippen LogP contribution in [0.1, 0.15) is 29.6 Å². The first-order valence-corrected chi connectivity index (χ1v) is 8.26. The van der Waals surface area contributed by atoms with Gasteiger partial charge >= 0.3 is 0 Å². The van der Waals surface area contributed by atoms with Crippen LogP contribution in [0.15, 0.2) is 18.2 Å². The Morgan fingerprint density at radius 1 is 1.24 bits per heavy atom. The molecule has 0 aliphatic rings. The average Bonchev–Trinajstić information content (AvgIpc) is 2.91. The van der Waals surface area contributed by atoms with E-state index >= 15 is 0 Å². The third-order valence-electron chi connectivity index (χ3n) is 4.25. The number of rotatable bonds is 5. The van der Waals surface area contributed by atoms with Gasteiger partial charge in [0.15, 0.2) is 5.65 Å². The summed E-state index contributed by atoms with van der Waals surface area (Å²) >= 11 is 0. The normalized spacial score (nSPS) is 10.8. The van der Waals surface area contributed by atoms with Gasteiger partial charge in [0.2, 0.25) is 0 Å². The van der Waals surface area contributed by atoms with E-state index in [1.165, 1.54) is 4.52 Å². The van der Waals surface area contributed by atoms with Gasteiger partial charge in [0.25, 0.3) is 5.69 Å². The van der Waals surface area contributed by atoms with Crippen LogP contribution in [0.5, 0.6) is 0 Å². The summed E-state index contributed by atoms with van der Waals surface area (Å²) < 4.78 is 1.54. The molecule has 0 radical (unpaired) electrons. The van der Waals surface area contributed by atoms with Crippen LogP contribution in [0.25, 0.3) is 10.5 Å². The van der Waals surface area contributed by atoms with Crippen molar-refractivity contribution in [2.24, 2.45) is 0 Å². The van der Waals surface area contributed by atoms with Crippen molar-refractivity contribution in [3.63, 3.8) is 0 Å². The number of hydrogen-bond donors (Lipinski definition) is 2. The van der Waals surface area contributed by atoms with Crippen molar-refractivity contribution in [2.75, 3.05) is 17.6 Å². The highest BCUT2D eigenvalue weighted by atomic mass is 15.3. The maximum absolute atomic E-state index is 7.43. The lowest BCUT2D eigenvalue weighted by Gasteiger charge is -2.11. The minimum absolute atomic E-state index is 0.297. The molecule has 25 heavy (non-hydrogen) atoms. The number of nitrogen functional groups attached to an aromatic ring is 1. The zero-order valence-corrected chi connectivity index (χ0v) is 14.7. The fourth-order valence-corrected chi connectivity index (χ4v) is 2.68. The van der Waals surface area contributed by atoms with Crippen molar-refractivity contribution in [1.82, 2.24) is 19.6 Å². The van der Waals surface area contributed by atoms with Crippen molar-refractivity contribution in [2.45, 2.75) is 33.6 Å². The van der Waals surface area contributed by atoms with Gasteiger partial charge in [0, 0.05) is 29.9 Å². The molecule has 3 N–H and O–H groups in total. The van der Waals surface area contributed by atoms with E-state index in [0.29, 0.717) is 29.5 Å². The van der Waals surface area contributed by atoms with Gasteiger partial charge in [-0.05, 0) is 32.4 Å². The van der Waals surface area contributed by atoms with Crippen LogP contribution in [0, 0.1) is 20.4 Å². The molecule has 3 aromatic rings. The zero-order valence-electron chi connectivity index (χ0n) is 14.7. The number of anilines is 2. The van der Waals surface area contributed by atoms with Crippen molar-refractivity contribution in [3.8, 4) is 0 Å². The van der Waals surface area contributed by atoms with Gasteiger partial charge in [0.1, 0.15) is 11.6 Å². The molecule has 0 saturated carbocycles. The molecule has 0 bridgehead atoms. The number of nitrogens with two attached hydrogens (primary N) is 1. The number of aryl methyl sites for hydroxylation is 3. The minimum atomic E-state index is 0.297. The molecular weight excluding hydrogens is 314 g/mol. The summed E-state index contributed by atoms with van der Waals surface area (Å²) in [4.78, 5) is 12.7. The highest BCUT2D eigenvalue weighted by Crippen LogP contribution is 2.32. The van der Waals surface area contributed by atoms with E-state index in [9.17, 15) is 0 Å². The molecule has 128 valence electrons. The highest BCUT2D eigenvalue weighted by molar-refractivity contribution is 5.80. The largest absolute Gasteiger partial charge is 0.392 e. The molecule has 3 heterocycles. The lowest BCUT2D eigenvalue weighted by atomic mass is 10.2. The van der Waals surface area contributed by atoms with Crippen LogP contribution >= 0.6 is 0 Å². The van der Waals surface area contributed by atoms with Crippen molar-refractivity contribution in [1.29, 1.82) is 0 Å². The van der Waals surface area contributed by atoms with Gasteiger partial charge in [-0.2, -0.15) is 5.10 Å². The lowest BCUT2D eigenvalue weighted by Crippen LogP contribution is -2.10. The molecule has 7 nitrogen and oxygen atoms in total. The van der Waals surface area contributed by atoms with E-state index < -0.39 is 0 Å². The first-order chi connectivity index (χ1) is 12.0. The van der Waals surface area contributed by atoms with Crippen LogP contribution in [-0.4, -0.2) is 26.1 Å². The van der Waals surface area contributed by atoms with Gasteiger partial charge in [-0.1, -0.05) is 13.0 Å². The summed E-state index contributed by atoms with van der Waals surface area (Å²) in [5.41, 5.74) is 11.0. The second-order valence-corrected chi connectivity index (χ2v) is 5.90. The van der Waals surface area contributed by atoms with E-state index in [1.54, 1.807) is 0 Å². The number of nitrogens with one attached hydrogen (secondary N) is 1.